The van der Waals surface area contributed by atoms with Gasteiger partial charge in [0.1, 0.15) is 0 Å². The zero-order valence-corrected chi connectivity index (χ0v) is 5.87. The number of carbonyl (C=O) groups is 1. The number of rotatable bonds is 2. The Hall–Kier alpha value is -1.37. The Kier molecular flexibility index (Phi) is 1.30. The third-order valence-electron chi connectivity index (χ3n) is 1.17. The quantitative estimate of drug-likeness (QED) is 0.591. The van der Waals surface area contributed by atoms with Crippen molar-refractivity contribution in [2.24, 2.45) is 0 Å². The van der Waals surface area contributed by atoms with Crippen LogP contribution in [0.1, 0.15) is 17.9 Å². The van der Waals surface area contributed by atoms with Crippen molar-refractivity contribution >= 4 is 11.9 Å². The molecule has 1 nitrogen and oxygen atoms in total. The average Bonchev–Trinajstić information content (AvgIpc) is 2.16. The first-order valence-corrected chi connectivity index (χ1v) is 3.19. The summed E-state index contributed by atoms with van der Waals surface area (Å²) in [5.41, 5.74) is 0.639. The van der Waals surface area contributed by atoms with Crippen molar-refractivity contribution in [2.45, 2.75) is 6.85 Å². The molecular formula is C10H10O. The van der Waals surface area contributed by atoms with Crippen LogP contribution in [0.2, 0.25) is 0 Å². The van der Waals surface area contributed by atoms with Crippen LogP contribution >= 0.6 is 0 Å². The van der Waals surface area contributed by atoms with E-state index in [0.29, 0.717) is 5.56 Å². The van der Waals surface area contributed by atoms with Crippen LogP contribution in [0, 0.1) is 0 Å². The molecule has 0 aliphatic heterocycles. The largest absolute Gasteiger partial charge is 0.295 e. The molecule has 0 saturated heterocycles. The van der Waals surface area contributed by atoms with Gasteiger partial charge in [-0.3, -0.25) is 4.79 Å². The minimum Gasteiger partial charge on any atom is -0.295 e. The summed E-state index contributed by atoms with van der Waals surface area (Å²) in [7, 11) is 0. The molecule has 0 saturated carbocycles. The van der Waals surface area contributed by atoms with Gasteiger partial charge in [0, 0.05) is 4.11 Å². The Morgan fingerprint density at radius 3 is 2.91 bits per heavy atom. The summed E-state index contributed by atoms with van der Waals surface area (Å²) in [4.78, 5) is 11.2. The number of hydrogen-bond donors (Lipinski definition) is 0. The van der Waals surface area contributed by atoms with Gasteiger partial charge in [0.05, 0.1) is 1.37 Å². The zero-order valence-electron chi connectivity index (χ0n) is 9.87. The van der Waals surface area contributed by atoms with Crippen molar-refractivity contribution in [2.75, 3.05) is 0 Å². The lowest BCUT2D eigenvalue weighted by Gasteiger charge is -1.88. The molecule has 1 aromatic carbocycles. The van der Waals surface area contributed by atoms with Gasteiger partial charge in [-0.15, -0.1) is 0 Å². The van der Waals surface area contributed by atoms with E-state index in [1.807, 2.05) is 0 Å². The molecule has 0 amide bonds. The Bertz CT molecular complexity index is 378. The van der Waals surface area contributed by atoms with E-state index in [9.17, 15) is 4.79 Å². The molecule has 1 aromatic rings. The molecule has 0 unspecified atom stereocenters. The van der Waals surface area contributed by atoms with Gasteiger partial charge in [-0.1, -0.05) is 36.4 Å². The van der Waals surface area contributed by atoms with Gasteiger partial charge in [0.15, 0.2) is 5.78 Å². The predicted molar refractivity (Wildman–Crippen MR) is 46.2 cm³/mol. The van der Waals surface area contributed by atoms with E-state index < -0.39 is 18.7 Å². The van der Waals surface area contributed by atoms with Crippen molar-refractivity contribution < 1.29 is 10.3 Å². The highest BCUT2D eigenvalue weighted by Gasteiger charge is 1.83. The van der Waals surface area contributed by atoms with Crippen molar-refractivity contribution in [1.82, 2.24) is 0 Å². The lowest BCUT2D eigenvalue weighted by atomic mass is 10.2. The lowest BCUT2D eigenvalue weighted by Crippen LogP contribution is -1.79. The maximum atomic E-state index is 11.2. The van der Waals surface area contributed by atoms with E-state index >= 15 is 0 Å². The highest BCUT2D eigenvalue weighted by atomic mass is 16.1. The second kappa shape index (κ2) is 3.71. The first kappa shape index (κ1) is 3.86. The van der Waals surface area contributed by atoms with Crippen LogP contribution in [0.3, 0.4) is 0 Å². The minimum absolute atomic E-state index is 0.499. The van der Waals surface area contributed by atoms with Crippen LogP contribution in [-0.4, -0.2) is 5.78 Å². The smallest absolute Gasteiger partial charge is 0.152 e. The Morgan fingerprint density at radius 2 is 2.27 bits per heavy atom. The van der Waals surface area contributed by atoms with Crippen LogP contribution in [0.15, 0.2) is 36.4 Å². The second-order valence-electron chi connectivity index (χ2n) is 2.03. The molecule has 0 heterocycles. The minimum atomic E-state index is -2.73. The molecule has 0 aromatic heterocycles. The molecule has 0 aliphatic rings. The molecule has 0 aliphatic carbocycles. The maximum Gasteiger partial charge on any atom is 0.152 e. The average molecular weight is 150 g/mol. The monoisotopic (exact) mass is 150 g/mol. The Morgan fingerprint density at radius 1 is 1.55 bits per heavy atom. The molecule has 0 radical (unpaired) electrons. The van der Waals surface area contributed by atoms with E-state index in [1.165, 1.54) is 6.08 Å². The standard InChI is InChI=1S/C10H10O/c1-9(11)7-8-10-5-3-2-4-6-10/h2-8H,1H3/i1D3,7D. The first-order valence-electron chi connectivity index (χ1n) is 5.19. The summed E-state index contributed by atoms with van der Waals surface area (Å²) >= 11 is 0. The van der Waals surface area contributed by atoms with Crippen molar-refractivity contribution in [3.63, 3.8) is 0 Å². The predicted octanol–water partition coefficient (Wildman–Crippen LogP) is 2.29. The number of allylic oxidation sites excluding steroid dienone is 1. The molecule has 1 rings (SSSR count). The van der Waals surface area contributed by atoms with E-state index in [1.54, 1.807) is 30.3 Å². The van der Waals surface area contributed by atoms with Crippen molar-refractivity contribution in [1.29, 1.82) is 0 Å². The fraction of sp³-hybridized carbons (Fsp3) is 0.100. The summed E-state index contributed by atoms with van der Waals surface area (Å²) in [6, 6.07) is 8.19. The number of carbonyl (C=O) groups excluding carboxylic acids is 1. The molecule has 1 heteroatoms. The van der Waals surface area contributed by atoms with E-state index in [-0.39, 0.29) is 0 Å². The second-order valence-corrected chi connectivity index (χ2v) is 2.03. The number of hydrogen-bond acceptors (Lipinski definition) is 1. The molecule has 0 N–H and O–H groups in total. The molecule has 0 atom stereocenters. The summed E-state index contributed by atoms with van der Waals surface area (Å²) < 4.78 is 27.9. The fourth-order valence-electron chi connectivity index (χ4n) is 0.698. The fourth-order valence-corrected chi connectivity index (χ4v) is 0.698. The third kappa shape index (κ3) is 2.80. The van der Waals surface area contributed by atoms with Gasteiger partial charge >= 0.3 is 0 Å². The van der Waals surface area contributed by atoms with Gasteiger partial charge in [-0.05, 0) is 18.5 Å². The molecule has 56 valence electrons. The van der Waals surface area contributed by atoms with Crippen molar-refractivity contribution in [3.8, 4) is 0 Å². The third-order valence-corrected chi connectivity index (χ3v) is 1.17. The van der Waals surface area contributed by atoms with E-state index in [2.05, 4.69) is 0 Å². The van der Waals surface area contributed by atoms with E-state index in [4.69, 9.17) is 5.48 Å². The van der Waals surface area contributed by atoms with Gasteiger partial charge < -0.3 is 0 Å². The lowest BCUT2D eigenvalue weighted by molar-refractivity contribution is -0.112. The highest BCUT2D eigenvalue weighted by molar-refractivity contribution is 5.91. The molecule has 0 bridgehead atoms. The van der Waals surface area contributed by atoms with Gasteiger partial charge in [0.2, 0.25) is 0 Å². The van der Waals surface area contributed by atoms with E-state index in [0.717, 1.165) is 0 Å². The van der Waals surface area contributed by atoms with Crippen LogP contribution in [-0.2, 0) is 4.79 Å². The van der Waals surface area contributed by atoms with Crippen LogP contribution in [0.25, 0.3) is 6.08 Å². The zero-order chi connectivity index (χ0) is 11.5. The molecule has 0 fully saturated rings. The number of benzene rings is 1. The van der Waals surface area contributed by atoms with Crippen LogP contribution < -0.4 is 0 Å². The van der Waals surface area contributed by atoms with Gasteiger partial charge in [-0.2, -0.15) is 0 Å². The van der Waals surface area contributed by atoms with Crippen LogP contribution in [0.5, 0.6) is 0 Å². The Balaban J connectivity index is 2.91. The van der Waals surface area contributed by atoms with Gasteiger partial charge in [0.25, 0.3) is 0 Å². The Labute approximate surface area is 72.0 Å². The van der Waals surface area contributed by atoms with Gasteiger partial charge in [-0.25, -0.2) is 0 Å². The topological polar surface area (TPSA) is 17.1 Å². The summed E-state index contributed by atoms with van der Waals surface area (Å²) in [6.07, 6.45) is 1.24. The molecule has 11 heavy (non-hydrogen) atoms. The van der Waals surface area contributed by atoms with Crippen molar-refractivity contribution in [3.05, 3.63) is 41.9 Å². The highest BCUT2D eigenvalue weighted by Crippen LogP contribution is 2.00. The normalized spacial score (nSPS) is 17.6. The van der Waals surface area contributed by atoms with Crippen LogP contribution in [0.4, 0.5) is 0 Å². The first-order chi connectivity index (χ1) is 6.91. The summed E-state index contributed by atoms with van der Waals surface area (Å²) in [5, 5.41) is 0. The molecular weight excluding hydrogens is 136 g/mol. The summed E-state index contributed by atoms with van der Waals surface area (Å²) in [5.74, 6) is -1.13. The maximum absolute atomic E-state index is 11.2. The SMILES string of the molecule is [2H]C(=Cc1ccccc1)C(=O)C([2H])([2H])[2H]. The summed E-state index contributed by atoms with van der Waals surface area (Å²) in [6.45, 7) is -2.73. The molecule has 0 spiro atoms. The number of ketones is 1.